The number of aromatic nitrogens is 6. The third-order valence-electron chi connectivity index (χ3n) is 6.89. The second kappa shape index (κ2) is 9.82. The Morgan fingerprint density at radius 2 is 1.92 bits per heavy atom. The number of hydrogen-bond acceptors (Lipinski definition) is 7. The summed E-state index contributed by atoms with van der Waals surface area (Å²) in [6.07, 6.45) is 1.88. The highest BCUT2D eigenvalue weighted by molar-refractivity contribution is 5.81. The molecular weight excluding hydrogens is 468 g/mol. The molecule has 1 saturated heterocycles. The Balaban J connectivity index is 1.69. The summed E-state index contributed by atoms with van der Waals surface area (Å²) in [4.78, 5) is 43.6. The van der Waals surface area contributed by atoms with Crippen molar-refractivity contribution in [1.29, 1.82) is 0 Å². The van der Waals surface area contributed by atoms with E-state index in [2.05, 4.69) is 35.6 Å². The molecule has 0 spiro atoms. The molecule has 2 N–H and O–H groups in total. The van der Waals surface area contributed by atoms with Gasteiger partial charge in [-0.2, -0.15) is 4.98 Å². The summed E-state index contributed by atoms with van der Waals surface area (Å²) in [5.41, 5.74) is 7.68. The molecule has 1 aliphatic heterocycles. The number of nitrogens with zero attached hydrogens (tertiary/aromatic N) is 7. The Labute approximate surface area is 214 Å². The van der Waals surface area contributed by atoms with Gasteiger partial charge in [0, 0.05) is 31.6 Å². The Morgan fingerprint density at radius 1 is 1.14 bits per heavy atom. The number of imidazole rings is 1. The molecular formula is C27H32N8O2. The first kappa shape index (κ1) is 24.7. The minimum absolute atomic E-state index is 0.0277. The predicted molar refractivity (Wildman–Crippen MR) is 145 cm³/mol. The summed E-state index contributed by atoms with van der Waals surface area (Å²) in [7, 11) is 1.63. The van der Waals surface area contributed by atoms with Crippen LogP contribution in [0.15, 0.2) is 33.9 Å². The van der Waals surface area contributed by atoms with Gasteiger partial charge in [0.1, 0.15) is 5.82 Å². The van der Waals surface area contributed by atoms with Gasteiger partial charge in [-0.15, -0.1) is 5.92 Å². The van der Waals surface area contributed by atoms with Gasteiger partial charge in [-0.05, 0) is 31.7 Å². The van der Waals surface area contributed by atoms with Crippen LogP contribution in [0.1, 0.15) is 51.0 Å². The topological polar surface area (TPSA) is 117 Å². The van der Waals surface area contributed by atoms with Gasteiger partial charge < -0.3 is 10.6 Å². The molecule has 4 aromatic rings. The number of para-hydroxylation sites is 1. The lowest BCUT2D eigenvalue weighted by Gasteiger charge is -2.31. The van der Waals surface area contributed by atoms with E-state index in [1.807, 2.05) is 28.8 Å². The average molecular weight is 501 g/mol. The minimum Gasteiger partial charge on any atom is -0.341 e. The second-order valence-electron chi connectivity index (χ2n) is 9.88. The molecule has 0 radical (unpaired) electrons. The maximum Gasteiger partial charge on any atom is 0.332 e. The first-order valence-corrected chi connectivity index (χ1v) is 12.7. The Bertz CT molecular complexity index is 1670. The standard InChI is InChI=1S/C27H32N8O2/c1-5-6-14-34-23-24(31-26(34)33-13-9-10-18(28)15-33)32(4)27(37)35(25(23)36)16-21-29-20-12-8-7-11-19(20)22(30-21)17(2)3/h7-8,11-12,17-18H,9-10,13-16,28H2,1-4H3. The molecule has 4 heterocycles. The highest BCUT2D eigenvalue weighted by Gasteiger charge is 2.26. The van der Waals surface area contributed by atoms with Crippen LogP contribution in [0, 0.1) is 11.8 Å². The molecule has 0 aliphatic carbocycles. The van der Waals surface area contributed by atoms with Gasteiger partial charge in [0.05, 0.1) is 24.3 Å². The van der Waals surface area contributed by atoms with Crippen LogP contribution in [0.5, 0.6) is 0 Å². The fraction of sp³-hybridized carbons (Fsp3) is 0.444. The smallest absolute Gasteiger partial charge is 0.332 e. The maximum absolute atomic E-state index is 13.9. The molecule has 3 aromatic heterocycles. The molecule has 1 atom stereocenters. The number of anilines is 1. The number of benzene rings is 1. The van der Waals surface area contributed by atoms with Gasteiger partial charge in [0.2, 0.25) is 5.95 Å². The van der Waals surface area contributed by atoms with Crippen molar-refractivity contribution in [2.75, 3.05) is 18.0 Å². The molecule has 1 aromatic carbocycles. The molecule has 1 aliphatic rings. The van der Waals surface area contributed by atoms with Gasteiger partial charge >= 0.3 is 5.69 Å². The number of fused-ring (bicyclic) bond motifs is 2. The van der Waals surface area contributed by atoms with Crippen LogP contribution < -0.4 is 21.9 Å². The Hall–Kier alpha value is -3.97. The fourth-order valence-corrected chi connectivity index (χ4v) is 5.04. The molecule has 192 valence electrons. The van der Waals surface area contributed by atoms with E-state index in [0.29, 0.717) is 29.5 Å². The normalized spacial score (nSPS) is 15.9. The zero-order chi connectivity index (χ0) is 26.3. The van der Waals surface area contributed by atoms with Gasteiger partial charge in [-0.1, -0.05) is 38.0 Å². The molecule has 1 unspecified atom stereocenters. The highest BCUT2D eigenvalue weighted by atomic mass is 16.2. The summed E-state index contributed by atoms with van der Waals surface area (Å²) in [6.45, 7) is 7.54. The van der Waals surface area contributed by atoms with Crippen molar-refractivity contribution >= 4 is 28.0 Å². The summed E-state index contributed by atoms with van der Waals surface area (Å²) < 4.78 is 4.42. The van der Waals surface area contributed by atoms with E-state index in [9.17, 15) is 9.59 Å². The summed E-state index contributed by atoms with van der Waals surface area (Å²) in [6, 6.07) is 7.82. The van der Waals surface area contributed by atoms with E-state index in [1.165, 1.54) is 9.13 Å². The summed E-state index contributed by atoms with van der Waals surface area (Å²) in [5.74, 6) is 7.15. The monoisotopic (exact) mass is 500 g/mol. The van der Waals surface area contributed by atoms with Gasteiger partial charge in [0.15, 0.2) is 11.2 Å². The van der Waals surface area contributed by atoms with E-state index < -0.39 is 11.2 Å². The van der Waals surface area contributed by atoms with Crippen LogP contribution in [0.3, 0.4) is 0 Å². The zero-order valence-electron chi connectivity index (χ0n) is 21.7. The first-order valence-electron chi connectivity index (χ1n) is 12.7. The molecule has 0 saturated carbocycles. The van der Waals surface area contributed by atoms with Crippen molar-refractivity contribution < 1.29 is 0 Å². The first-order chi connectivity index (χ1) is 17.8. The number of rotatable bonds is 5. The Kier molecular flexibility index (Phi) is 6.56. The molecule has 37 heavy (non-hydrogen) atoms. The lowest BCUT2D eigenvalue weighted by molar-refractivity contribution is 0.496. The minimum atomic E-state index is -0.464. The Morgan fingerprint density at radius 3 is 2.65 bits per heavy atom. The zero-order valence-corrected chi connectivity index (χ0v) is 21.7. The van der Waals surface area contributed by atoms with Crippen LogP contribution in [0.4, 0.5) is 5.95 Å². The van der Waals surface area contributed by atoms with Crippen molar-refractivity contribution in [3.8, 4) is 11.8 Å². The third kappa shape index (κ3) is 4.40. The number of nitrogens with two attached hydrogens (primary N) is 1. The SMILES string of the molecule is CC#CCn1c(N2CCCC(N)C2)nc2c1c(=O)n(Cc1nc(C(C)C)c3ccccc3n1)c(=O)n2C. The molecule has 10 heteroatoms. The highest BCUT2D eigenvalue weighted by Crippen LogP contribution is 2.24. The van der Waals surface area contributed by atoms with E-state index >= 15 is 0 Å². The van der Waals surface area contributed by atoms with Crippen molar-refractivity contribution in [3.05, 3.63) is 56.6 Å². The molecule has 5 rings (SSSR count). The number of hydrogen-bond donors (Lipinski definition) is 1. The average Bonchev–Trinajstić information content (AvgIpc) is 3.28. The van der Waals surface area contributed by atoms with Crippen molar-refractivity contribution in [1.82, 2.24) is 28.7 Å². The van der Waals surface area contributed by atoms with Crippen molar-refractivity contribution in [2.45, 2.75) is 58.7 Å². The largest absolute Gasteiger partial charge is 0.341 e. The van der Waals surface area contributed by atoms with Crippen LogP contribution >= 0.6 is 0 Å². The molecule has 10 nitrogen and oxygen atoms in total. The predicted octanol–water partition coefficient (Wildman–Crippen LogP) is 1.96. The van der Waals surface area contributed by atoms with Gasteiger partial charge in [-0.25, -0.2) is 14.8 Å². The molecule has 0 amide bonds. The van der Waals surface area contributed by atoms with Crippen LogP contribution in [0.25, 0.3) is 22.1 Å². The maximum atomic E-state index is 13.9. The van der Waals surface area contributed by atoms with E-state index in [1.54, 1.807) is 14.0 Å². The van der Waals surface area contributed by atoms with E-state index in [0.717, 1.165) is 36.0 Å². The third-order valence-corrected chi connectivity index (χ3v) is 6.89. The van der Waals surface area contributed by atoms with Crippen molar-refractivity contribution in [3.63, 3.8) is 0 Å². The second-order valence-corrected chi connectivity index (χ2v) is 9.88. The van der Waals surface area contributed by atoms with Crippen LogP contribution in [-0.2, 0) is 20.1 Å². The fourth-order valence-electron chi connectivity index (χ4n) is 5.04. The van der Waals surface area contributed by atoms with E-state index in [-0.39, 0.29) is 25.0 Å². The lowest BCUT2D eigenvalue weighted by Crippen LogP contribution is -2.44. The quantitative estimate of drug-likeness (QED) is 0.416. The van der Waals surface area contributed by atoms with Crippen LogP contribution in [-0.4, -0.2) is 47.8 Å². The lowest BCUT2D eigenvalue weighted by atomic mass is 10.0. The summed E-state index contributed by atoms with van der Waals surface area (Å²) >= 11 is 0. The molecule has 0 bridgehead atoms. The van der Waals surface area contributed by atoms with Gasteiger partial charge in [-0.3, -0.25) is 18.5 Å². The number of piperidine rings is 1. The molecule has 1 fully saturated rings. The van der Waals surface area contributed by atoms with E-state index in [4.69, 9.17) is 15.7 Å². The van der Waals surface area contributed by atoms with Gasteiger partial charge in [0.25, 0.3) is 5.56 Å². The number of aryl methyl sites for hydroxylation is 1. The van der Waals surface area contributed by atoms with Crippen molar-refractivity contribution in [2.24, 2.45) is 12.8 Å². The van der Waals surface area contributed by atoms with Crippen LogP contribution in [0.2, 0.25) is 0 Å². The summed E-state index contributed by atoms with van der Waals surface area (Å²) in [5, 5.41) is 0.970.